The molecule has 0 saturated carbocycles. The van der Waals surface area contributed by atoms with Gasteiger partial charge in [-0.05, 0) is 32.3 Å². The highest BCUT2D eigenvalue weighted by Crippen LogP contribution is 2.31. The summed E-state index contributed by atoms with van der Waals surface area (Å²) in [5.41, 5.74) is 0.531. The number of hydrogen-bond donors (Lipinski definition) is 0. The van der Waals surface area contributed by atoms with Crippen LogP contribution in [0.1, 0.15) is 31.7 Å². The van der Waals surface area contributed by atoms with E-state index >= 15 is 0 Å². The molecular weight excluding hydrogens is 289 g/mol. The molecule has 6 heteroatoms. The van der Waals surface area contributed by atoms with Crippen LogP contribution in [0.5, 0.6) is 5.88 Å². The van der Waals surface area contributed by atoms with Gasteiger partial charge >= 0.3 is 0 Å². The van der Waals surface area contributed by atoms with Crippen LogP contribution in [0.4, 0.5) is 10.2 Å². The molecule has 0 radical (unpaired) electrons. The molecule has 1 saturated heterocycles. The molecule has 0 bridgehead atoms. The lowest BCUT2D eigenvalue weighted by atomic mass is 10.0. The molecule has 1 aromatic heterocycles. The minimum atomic E-state index is -0.256. The molecule has 0 aliphatic carbocycles. The molecule has 0 N–H and O–H groups in total. The van der Waals surface area contributed by atoms with Crippen LogP contribution in [-0.2, 0) is 6.61 Å². The van der Waals surface area contributed by atoms with Crippen LogP contribution >= 0.6 is 11.7 Å². The Morgan fingerprint density at radius 2 is 2.19 bits per heavy atom. The summed E-state index contributed by atoms with van der Waals surface area (Å²) in [6.45, 7) is 3.34. The molecule has 21 heavy (non-hydrogen) atoms. The Bertz CT molecular complexity index is 604. The lowest BCUT2D eigenvalue weighted by Gasteiger charge is -2.33. The molecule has 3 rings (SSSR count). The lowest BCUT2D eigenvalue weighted by Crippen LogP contribution is -2.37. The molecule has 1 atom stereocenters. The summed E-state index contributed by atoms with van der Waals surface area (Å²) >= 11 is 1.14. The number of rotatable bonds is 4. The predicted octanol–water partition coefficient (Wildman–Crippen LogP) is 3.64. The molecule has 1 aromatic carbocycles. The van der Waals surface area contributed by atoms with E-state index in [1.54, 1.807) is 18.2 Å². The number of nitrogens with zero attached hydrogens (tertiary/aromatic N) is 3. The Balaban J connectivity index is 1.72. The van der Waals surface area contributed by atoms with E-state index in [-0.39, 0.29) is 12.4 Å². The van der Waals surface area contributed by atoms with Gasteiger partial charge in [0.05, 0.1) is 11.7 Å². The van der Waals surface area contributed by atoms with Gasteiger partial charge in [-0.15, -0.1) is 4.37 Å². The van der Waals surface area contributed by atoms with Gasteiger partial charge in [0, 0.05) is 18.2 Å². The van der Waals surface area contributed by atoms with Crippen LogP contribution in [0, 0.1) is 5.82 Å². The Labute approximate surface area is 127 Å². The maximum atomic E-state index is 13.6. The molecule has 0 amide bonds. The average molecular weight is 307 g/mol. The number of ether oxygens (including phenoxy) is 1. The lowest BCUT2D eigenvalue weighted by molar-refractivity contribution is 0.289. The van der Waals surface area contributed by atoms with Gasteiger partial charge in [0.2, 0.25) is 5.82 Å². The van der Waals surface area contributed by atoms with Crippen LogP contribution in [-0.4, -0.2) is 21.3 Å². The highest BCUT2D eigenvalue weighted by molar-refractivity contribution is 6.99. The fraction of sp³-hybridized carbons (Fsp3) is 0.467. The number of hydrogen-bond acceptors (Lipinski definition) is 5. The van der Waals surface area contributed by atoms with Crippen LogP contribution in [0.3, 0.4) is 0 Å². The topological polar surface area (TPSA) is 38.2 Å². The molecular formula is C15H18FN3OS. The van der Waals surface area contributed by atoms with Gasteiger partial charge in [-0.2, -0.15) is 4.37 Å². The van der Waals surface area contributed by atoms with Crippen molar-refractivity contribution in [1.82, 2.24) is 8.75 Å². The highest BCUT2D eigenvalue weighted by Gasteiger charge is 2.24. The molecule has 1 fully saturated rings. The fourth-order valence-corrected chi connectivity index (χ4v) is 3.13. The zero-order chi connectivity index (χ0) is 14.7. The first-order valence-corrected chi connectivity index (χ1v) is 7.94. The quantitative estimate of drug-likeness (QED) is 0.864. The Morgan fingerprint density at radius 1 is 1.33 bits per heavy atom. The van der Waals surface area contributed by atoms with Gasteiger partial charge in [0.1, 0.15) is 12.4 Å². The van der Waals surface area contributed by atoms with Crippen LogP contribution in [0.2, 0.25) is 0 Å². The molecule has 1 aliphatic heterocycles. The van der Waals surface area contributed by atoms with E-state index in [1.165, 1.54) is 12.5 Å². The third kappa shape index (κ3) is 3.15. The predicted molar refractivity (Wildman–Crippen MR) is 81.3 cm³/mol. The van der Waals surface area contributed by atoms with Crippen molar-refractivity contribution >= 4 is 17.5 Å². The maximum Gasteiger partial charge on any atom is 0.271 e. The molecule has 1 unspecified atom stereocenters. The van der Waals surface area contributed by atoms with E-state index in [2.05, 4.69) is 20.6 Å². The van der Waals surface area contributed by atoms with E-state index in [0.29, 0.717) is 17.5 Å². The van der Waals surface area contributed by atoms with Crippen molar-refractivity contribution in [2.45, 2.75) is 38.8 Å². The van der Waals surface area contributed by atoms with Crippen LogP contribution in [0.25, 0.3) is 0 Å². The number of anilines is 1. The summed E-state index contributed by atoms with van der Waals surface area (Å²) in [5, 5.41) is 0. The zero-order valence-electron chi connectivity index (χ0n) is 12.0. The van der Waals surface area contributed by atoms with Crippen LogP contribution < -0.4 is 9.64 Å². The second-order valence-corrected chi connectivity index (χ2v) is 5.84. The normalized spacial score (nSPS) is 18.8. The molecule has 2 aromatic rings. The van der Waals surface area contributed by atoms with Crippen LogP contribution in [0.15, 0.2) is 24.3 Å². The summed E-state index contributed by atoms with van der Waals surface area (Å²) < 4.78 is 27.9. The van der Waals surface area contributed by atoms with Gasteiger partial charge in [0.25, 0.3) is 5.88 Å². The Morgan fingerprint density at radius 3 is 3.00 bits per heavy atom. The van der Waals surface area contributed by atoms with Gasteiger partial charge in [-0.25, -0.2) is 4.39 Å². The van der Waals surface area contributed by atoms with E-state index in [4.69, 9.17) is 4.74 Å². The minimum Gasteiger partial charge on any atom is -0.469 e. The first-order chi connectivity index (χ1) is 10.3. The molecule has 4 nitrogen and oxygen atoms in total. The van der Waals surface area contributed by atoms with E-state index in [1.807, 2.05) is 0 Å². The molecule has 0 spiro atoms. The van der Waals surface area contributed by atoms with Crippen molar-refractivity contribution in [3.05, 3.63) is 35.6 Å². The van der Waals surface area contributed by atoms with E-state index < -0.39 is 0 Å². The third-order valence-electron chi connectivity index (χ3n) is 3.84. The molecule has 112 valence electrons. The molecule has 1 aliphatic rings. The average Bonchev–Trinajstić information content (AvgIpc) is 2.95. The van der Waals surface area contributed by atoms with Crippen molar-refractivity contribution in [1.29, 1.82) is 0 Å². The Hall–Kier alpha value is -1.69. The number of halogens is 1. The molecule has 2 heterocycles. The monoisotopic (exact) mass is 307 g/mol. The third-order valence-corrected chi connectivity index (χ3v) is 4.34. The summed E-state index contributed by atoms with van der Waals surface area (Å²) in [6, 6.07) is 7.07. The summed E-state index contributed by atoms with van der Waals surface area (Å²) in [7, 11) is 0. The van der Waals surface area contributed by atoms with Gasteiger partial charge in [-0.1, -0.05) is 18.2 Å². The first-order valence-electron chi connectivity index (χ1n) is 7.21. The zero-order valence-corrected chi connectivity index (χ0v) is 12.8. The van der Waals surface area contributed by atoms with E-state index in [0.717, 1.165) is 36.9 Å². The summed E-state index contributed by atoms with van der Waals surface area (Å²) in [5.74, 6) is 1.05. The van der Waals surface area contributed by atoms with Gasteiger partial charge in [-0.3, -0.25) is 0 Å². The maximum absolute atomic E-state index is 13.6. The number of aromatic nitrogens is 2. The first kappa shape index (κ1) is 14.3. The van der Waals surface area contributed by atoms with Crippen molar-refractivity contribution in [3.8, 4) is 5.88 Å². The van der Waals surface area contributed by atoms with E-state index in [9.17, 15) is 4.39 Å². The second-order valence-electron chi connectivity index (χ2n) is 5.31. The second kappa shape index (κ2) is 6.39. The van der Waals surface area contributed by atoms with Crippen molar-refractivity contribution in [2.75, 3.05) is 11.4 Å². The fourth-order valence-electron chi connectivity index (χ4n) is 2.62. The number of piperidine rings is 1. The van der Waals surface area contributed by atoms with Gasteiger partial charge < -0.3 is 9.64 Å². The van der Waals surface area contributed by atoms with Crippen molar-refractivity contribution < 1.29 is 9.13 Å². The summed E-state index contributed by atoms with van der Waals surface area (Å²) in [6.07, 6.45) is 3.57. The number of benzene rings is 1. The minimum absolute atomic E-state index is 0.174. The SMILES string of the molecule is CC1CCCCN1c1nsnc1OCc1ccccc1F. The smallest absolute Gasteiger partial charge is 0.271 e. The van der Waals surface area contributed by atoms with Crippen molar-refractivity contribution in [2.24, 2.45) is 0 Å². The largest absolute Gasteiger partial charge is 0.469 e. The van der Waals surface area contributed by atoms with Crippen molar-refractivity contribution in [3.63, 3.8) is 0 Å². The summed E-state index contributed by atoms with van der Waals surface area (Å²) in [4.78, 5) is 2.24. The highest BCUT2D eigenvalue weighted by atomic mass is 32.1. The van der Waals surface area contributed by atoms with Gasteiger partial charge in [0.15, 0.2) is 0 Å². The Kier molecular flexibility index (Phi) is 4.34. The standard InChI is InChI=1S/C15H18FN3OS/c1-11-6-4-5-9-19(11)14-15(18-21-17-14)20-10-12-7-2-3-8-13(12)16/h2-3,7-8,11H,4-6,9-10H2,1H3.